The second kappa shape index (κ2) is 8.16. The molecule has 1 N–H and O–H groups in total. The van der Waals surface area contributed by atoms with E-state index in [9.17, 15) is 4.79 Å². The zero-order valence-corrected chi connectivity index (χ0v) is 13.6. The summed E-state index contributed by atoms with van der Waals surface area (Å²) in [5, 5.41) is 5.34. The molecule has 0 aliphatic carbocycles. The van der Waals surface area contributed by atoms with Gasteiger partial charge in [-0.15, -0.1) is 0 Å². The van der Waals surface area contributed by atoms with E-state index in [0.717, 1.165) is 12.2 Å². The van der Waals surface area contributed by atoms with Crippen LogP contribution < -0.4 is 10.1 Å². The van der Waals surface area contributed by atoms with Gasteiger partial charge >= 0.3 is 0 Å². The summed E-state index contributed by atoms with van der Waals surface area (Å²) in [4.78, 5) is 11.9. The highest BCUT2D eigenvalue weighted by Crippen LogP contribution is 2.16. The van der Waals surface area contributed by atoms with Gasteiger partial charge in [0.25, 0.3) is 0 Å². The van der Waals surface area contributed by atoms with E-state index in [1.807, 2.05) is 42.5 Å². The van der Waals surface area contributed by atoms with Crippen molar-refractivity contribution < 1.29 is 9.53 Å². The second-order valence-corrected chi connectivity index (χ2v) is 5.69. The van der Waals surface area contributed by atoms with Crippen molar-refractivity contribution in [1.29, 1.82) is 0 Å². The lowest BCUT2D eigenvalue weighted by Gasteiger charge is -2.08. The molecule has 0 aliphatic heterocycles. The van der Waals surface area contributed by atoms with E-state index in [4.69, 9.17) is 4.74 Å². The van der Waals surface area contributed by atoms with Gasteiger partial charge in [0, 0.05) is 6.42 Å². The molecular formula is C21H21NO2. The Balaban J connectivity index is 1.40. The van der Waals surface area contributed by atoms with Crippen molar-refractivity contribution in [3.63, 3.8) is 0 Å². The Bertz CT molecular complexity index is 799. The van der Waals surface area contributed by atoms with Gasteiger partial charge in [0.2, 0.25) is 5.91 Å². The lowest BCUT2D eigenvalue weighted by molar-refractivity contribution is -0.121. The quantitative estimate of drug-likeness (QED) is 0.669. The first kappa shape index (κ1) is 16.1. The number of ether oxygens (including phenoxy) is 1. The van der Waals surface area contributed by atoms with Crippen LogP contribution in [0.3, 0.4) is 0 Å². The lowest BCUT2D eigenvalue weighted by atomic mass is 10.0. The number of amides is 1. The van der Waals surface area contributed by atoms with Crippen LogP contribution in [0.5, 0.6) is 5.75 Å². The predicted molar refractivity (Wildman–Crippen MR) is 97.2 cm³/mol. The highest BCUT2D eigenvalue weighted by Gasteiger charge is 2.03. The molecule has 0 radical (unpaired) electrons. The average molecular weight is 319 g/mol. The van der Waals surface area contributed by atoms with Crippen LogP contribution in [0.4, 0.5) is 0 Å². The van der Waals surface area contributed by atoms with Gasteiger partial charge in [-0.1, -0.05) is 60.7 Å². The molecule has 3 rings (SSSR count). The first-order valence-corrected chi connectivity index (χ1v) is 8.23. The first-order valence-electron chi connectivity index (χ1n) is 8.23. The van der Waals surface area contributed by atoms with E-state index in [-0.39, 0.29) is 5.91 Å². The molecule has 0 saturated carbocycles. The Morgan fingerprint density at radius 3 is 2.46 bits per heavy atom. The summed E-state index contributed by atoms with van der Waals surface area (Å²) in [6, 6.07) is 24.2. The van der Waals surface area contributed by atoms with E-state index in [2.05, 4.69) is 35.6 Å². The number of fused-ring (bicyclic) bond motifs is 1. The summed E-state index contributed by atoms with van der Waals surface area (Å²) in [6.07, 6.45) is 1.24. The average Bonchev–Trinajstić information content (AvgIpc) is 2.64. The molecule has 3 aromatic carbocycles. The molecule has 3 aromatic rings. The fourth-order valence-corrected chi connectivity index (χ4v) is 2.62. The molecule has 0 aliphatic rings. The molecule has 3 nitrogen and oxygen atoms in total. The first-order chi connectivity index (χ1) is 11.8. The zero-order chi connectivity index (χ0) is 16.6. The number of carbonyl (C=O) groups excluding carboxylic acids is 1. The van der Waals surface area contributed by atoms with Crippen molar-refractivity contribution in [3.05, 3.63) is 78.4 Å². The van der Waals surface area contributed by atoms with E-state index >= 15 is 0 Å². The Labute approximate surface area is 142 Å². The van der Waals surface area contributed by atoms with E-state index in [0.29, 0.717) is 19.6 Å². The van der Waals surface area contributed by atoms with Crippen LogP contribution in [-0.4, -0.2) is 19.1 Å². The number of para-hydroxylation sites is 1. The van der Waals surface area contributed by atoms with Crippen molar-refractivity contribution in [2.75, 3.05) is 13.2 Å². The molecule has 3 heteroatoms. The maximum absolute atomic E-state index is 11.9. The summed E-state index contributed by atoms with van der Waals surface area (Å²) >= 11 is 0. The van der Waals surface area contributed by atoms with E-state index < -0.39 is 0 Å². The number of benzene rings is 3. The maximum Gasteiger partial charge on any atom is 0.220 e. The minimum atomic E-state index is 0.0554. The number of hydrogen-bond donors (Lipinski definition) is 1. The number of aryl methyl sites for hydroxylation is 1. The molecule has 0 spiro atoms. The molecular weight excluding hydrogens is 298 g/mol. The largest absolute Gasteiger partial charge is 0.492 e. The van der Waals surface area contributed by atoms with Crippen molar-refractivity contribution in [1.82, 2.24) is 5.32 Å². The van der Waals surface area contributed by atoms with Crippen LogP contribution >= 0.6 is 0 Å². The second-order valence-electron chi connectivity index (χ2n) is 5.69. The molecule has 0 bridgehead atoms. The molecule has 24 heavy (non-hydrogen) atoms. The van der Waals surface area contributed by atoms with Gasteiger partial charge in [-0.3, -0.25) is 4.79 Å². The number of nitrogens with one attached hydrogen (secondary N) is 1. The van der Waals surface area contributed by atoms with Gasteiger partial charge in [0.1, 0.15) is 12.4 Å². The van der Waals surface area contributed by atoms with Gasteiger partial charge in [-0.05, 0) is 34.9 Å². The summed E-state index contributed by atoms with van der Waals surface area (Å²) in [6.45, 7) is 0.997. The third kappa shape index (κ3) is 4.59. The topological polar surface area (TPSA) is 38.3 Å². The van der Waals surface area contributed by atoms with Gasteiger partial charge in [-0.25, -0.2) is 0 Å². The van der Waals surface area contributed by atoms with E-state index in [1.54, 1.807) is 0 Å². The van der Waals surface area contributed by atoms with Crippen LogP contribution in [-0.2, 0) is 11.2 Å². The minimum Gasteiger partial charge on any atom is -0.492 e. The fourth-order valence-electron chi connectivity index (χ4n) is 2.62. The van der Waals surface area contributed by atoms with Gasteiger partial charge in [0.15, 0.2) is 0 Å². The minimum absolute atomic E-state index is 0.0554. The number of carbonyl (C=O) groups is 1. The summed E-state index contributed by atoms with van der Waals surface area (Å²) in [7, 11) is 0. The van der Waals surface area contributed by atoms with Crippen molar-refractivity contribution >= 4 is 16.7 Å². The Kier molecular flexibility index (Phi) is 5.46. The lowest BCUT2D eigenvalue weighted by Crippen LogP contribution is -2.28. The summed E-state index contributed by atoms with van der Waals surface area (Å²) < 4.78 is 5.55. The summed E-state index contributed by atoms with van der Waals surface area (Å²) in [5.41, 5.74) is 1.18. The van der Waals surface area contributed by atoms with Crippen molar-refractivity contribution in [2.24, 2.45) is 0 Å². The monoisotopic (exact) mass is 319 g/mol. The highest BCUT2D eigenvalue weighted by atomic mass is 16.5. The Morgan fingerprint density at radius 2 is 1.62 bits per heavy atom. The maximum atomic E-state index is 11.9. The van der Waals surface area contributed by atoms with Gasteiger partial charge < -0.3 is 10.1 Å². The van der Waals surface area contributed by atoms with Crippen LogP contribution in [0.25, 0.3) is 10.8 Å². The Morgan fingerprint density at radius 1 is 0.875 bits per heavy atom. The zero-order valence-electron chi connectivity index (χ0n) is 13.6. The van der Waals surface area contributed by atoms with Gasteiger partial charge in [0.05, 0.1) is 6.54 Å². The molecule has 0 aromatic heterocycles. The third-order valence-corrected chi connectivity index (χ3v) is 3.89. The SMILES string of the molecule is O=C(CCc1ccc2ccccc2c1)NCCOc1ccccc1. The van der Waals surface area contributed by atoms with Crippen LogP contribution in [0.1, 0.15) is 12.0 Å². The normalized spacial score (nSPS) is 10.5. The smallest absolute Gasteiger partial charge is 0.220 e. The van der Waals surface area contributed by atoms with Crippen molar-refractivity contribution in [2.45, 2.75) is 12.8 Å². The molecule has 0 heterocycles. The van der Waals surface area contributed by atoms with Crippen LogP contribution in [0, 0.1) is 0 Å². The van der Waals surface area contributed by atoms with E-state index in [1.165, 1.54) is 16.3 Å². The third-order valence-electron chi connectivity index (χ3n) is 3.89. The highest BCUT2D eigenvalue weighted by molar-refractivity contribution is 5.83. The van der Waals surface area contributed by atoms with Crippen molar-refractivity contribution in [3.8, 4) is 5.75 Å². The molecule has 0 atom stereocenters. The molecule has 0 fully saturated rings. The molecule has 0 unspecified atom stereocenters. The standard InChI is InChI=1S/C21H21NO2/c23-21(22-14-15-24-20-8-2-1-3-9-20)13-11-17-10-12-18-6-4-5-7-19(18)16-17/h1-10,12,16H,11,13-15H2,(H,22,23). The predicted octanol–water partition coefficient (Wildman–Crippen LogP) is 3.97. The van der Waals surface area contributed by atoms with Crippen LogP contribution in [0.15, 0.2) is 72.8 Å². The van der Waals surface area contributed by atoms with Gasteiger partial charge in [-0.2, -0.15) is 0 Å². The molecule has 122 valence electrons. The summed E-state index contributed by atoms with van der Waals surface area (Å²) in [5.74, 6) is 0.878. The molecule has 1 amide bonds. The number of rotatable bonds is 7. The fraction of sp³-hybridized carbons (Fsp3) is 0.190. The Hall–Kier alpha value is -2.81. The van der Waals surface area contributed by atoms with Crippen LogP contribution in [0.2, 0.25) is 0 Å². The molecule has 0 saturated heterocycles. The number of hydrogen-bond acceptors (Lipinski definition) is 2.